The molecule has 2 rings (SSSR count). The zero-order valence-corrected chi connectivity index (χ0v) is 15.3. The molecule has 0 spiro atoms. The molecule has 0 bridgehead atoms. The number of rotatable bonds is 5. The maximum Gasteiger partial charge on any atom is 0.340 e. The van der Waals surface area contributed by atoms with Gasteiger partial charge in [-0.05, 0) is 59.3 Å². The summed E-state index contributed by atoms with van der Waals surface area (Å²) < 4.78 is 10.8. The van der Waals surface area contributed by atoms with Gasteiger partial charge >= 0.3 is 5.97 Å². The molecule has 24 heavy (non-hydrogen) atoms. The Balaban J connectivity index is 2.04. The highest BCUT2D eigenvalue weighted by Crippen LogP contribution is 2.23. The van der Waals surface area contributed by atoms with Crippen molar-refractivity contribution in [1.29, 1.82) is 0 Å². The maximum absolute atomic E-state index is 12.2. The third-order valence-corrected chi connectivity index (χ3v) is 4.07. The van der Waals surface area contributed by atoms with E-state index in [1.54, 1.807) is 36.4 Å². The molecule has 0 saturated carbocycles. The van der Waals surface area contributed by atoms with Crippen LogP contribution < -0.4 is 10.1 Å². The number of hydrogen-bond donors (Lipinski definition) is 1. The first kappa shape index (κ1) is 18.3. The van der Waals surface area contributed by atoms with E-state index < -0.39 is 18.0 Å². The molecular weight excluding hydrogens is 398 g/mol. The van der Waals surface area contributed by atoms with Crippen LogP contribution in [0.2, 0.25) is 5.02 Å². The third kappa shape index (κ3) is 4.72. The Kier molecular flexibility index (Phi) is 6.23. The van der Waals surface area contributed by atoms with Crippen molar-refractivity contribution in [3.63, 3.8) is 0 Å². The molecule has 1 atom stereocenters. The molecule has 0 saturated heterocycles. The molecule has 7 heteroatoms. The van der Waals surface area contributed by atoms with Crippen molar-refractivity contribution in [1.82, 2.24) is 0 Å². The van der Waals surface area contributed by atoms with E-state index in [2.05, 4.69) is 21.2 Å². The number of anilines is 1. The van der Waals surface area contributed by atoms with Gasteiger partial charge in [0.1, 0.15) is 5.75 Å². The molecule has 2 aromatic rings. The van der Waals surface area contributed by atoms with Crippen molar-refractivity contribution in [2.75, 3.05) is 12.4 Å². The van der Waals surface area contributed by atoms with Gasteiger partial charge in [-0.2, -0.15) is 0 Å². The topological polar surface area (TPSA) is 64.6 Å². The molecule has 1 N–H and O–H groups in total. The van der Waals surface area contributed by atoms with E-state index in [9.17, 15) is 9.59 Å². The van der Waals surface area contributed by atoms with Crippen molar-refractivity contribution in [2.45, 2.75) is 13.0 Å². The van der Waals surface area contributed by atoms with Gasteiger partial charge in [0.15, 0.2) is 6.10 Å². The average Bonchev–Trinajstić information content (AvgIpc) is 2.55. The van der Waals surface area contributed by atoms with E-state index in [4.69, 9.17) is 21.1 Å². The Morgan fingerprint density at radius 3 is 2.62 bits per heavy atom. The molecule has 0 aromatic heterocycles. The van der Waals surface area contributed by atoms with Crippen LogP contribution in [0.25, 0.3) is 0 Å². The van der Waals surface area contributed by atoms with Crippen LogP contribution in [0.5, 0.6) is 5.75 Å². The van der Waals surface area contributed by atoms with Gasteiger partial charge in [-0.25, -0.2) is 4.79 Å². The monoisotopic (exact) mass is 411 g/mol. The van der Waals surface area contributed by atoms with Crippen molar-refractivity contribution < 1.29 is 19.1 Å². The number of carbonyl (C=O) groups is 2. The fraction of sp³-hybridized carbons (Fsp3) is 0.176. The molecule has 0 aliphatic rings. The lowest BCUT2D eigenvalue weighted by Crippen LogP contribution is -2.30. The average molecular weight is 413 g/mol. The standard InChI is InChI=1S/C17H15BrClNO4/c1-10(16(21)20-12-5-3-4-11(19)8-12)24-17(22)14-9-13(23-2)6-7-15(14)18/h3-10H,1-2H3,(H,20,21)/t10-/m1/s1. The van der Waals surface area contributed by atoms with Gasteiger partial charge in [0, 0.05) is 15.2 Å². The van der Waals surface area contributed by atoms with Gasteiger partial charge in [0.05, 0.1) is 12.7 Å². The second-order valence-electron chi connectivity index (χ2n) is 4.89. The van der Waals surface area contributed by atoms with Crippen molar-refractivity contribution in [3.8, 4) is 5.75 Å². The number of ether oxygens (including phenoxy) is 2. The van der Waals surface area contributed by atoms with E-state index in [0.717, 1.165) is 0 Å². The summed E-state index contributed by atoms with van der Waals surface area (Å²) in [5.74, 6) is -0.569. The molecule has 1 amide bonds. The summed E-state index contributed by atoms with van der Waals surface area (Å²) in [6, 6.07) is 11.6. The van der Waals surface area contributed by atoms with E-state index in [1.165, 1.54) is 20.1 Å². The Morgan fingerprint density at radius 1 is 1.21 bits per heavy atom. The zero-order chi connectivity index (χ0) is 17.7. The first-order valence-corrected chi connectivity index (χ1v) is 8.18. The Hall–Kier alpha value is -2.05. The summed E-state index contributed by atoms with van der Waals surface area (Å²) in [5.41, 5.74) is 0.801. The molecule has 0 radical (unpaired) electrons. The highest BCUT2D eigenvalue weighted by Gasteiger charge is 2.21. The number of benzene rings is 2. The SMILES string of the molecule is COc1ccc(Br)c(C(=O)O[C@H](C)C(=O)Nc2cccc(Cl)c2)c1. The van der Waals surface area contributed by atoms with Crippen LogP contribution in [-0.4, -0.2) is 25.1 Å². The molecule has 2 aromatic carbocycles. The molecule has 126 valence electrons. The lowest BCUT2D eigenvalue weighted by Gasteiger charge is -2.14. The molecule has 0 fully saturated rings. The predicted molar refractivity (Wildman–Crippen MR) is 95.7 cm³/mol. The van der Waals surface area contributed by atoms with Crippen LogP contribution in [-0.2, 0) is 9.53 Å². The van der Waals surface area contributed by atoms with E-state index in [1.807, 2.05) is 0 Å². The second kappa shape index (κ2) is 8.17. The number of methoxy groups -OCH3 is 1. The number of esters is 1. The van der Waals surface area contributed by atoms with Gasteiger partial charge in [-0.1, -0.05) is 17.7 Å². The van der Waals surface area contributed by atoms with Gasteiger partial charge in [0.2, 0.25) is 0 Å². The lowest BCUT2D eigenvalue weighted by molar-refractivity contribution is -0.123. The van der Waals surface area contributed by atoms with E-state index in [-0.39, 0.29) is 5.56 Å². The molecule has 0 aliphatic carbocycles. The number of carbonyl (C=O) groups excluding carboxylic acids is 2. The Bertz CT molecular complexity index is 766. The van der Waals surface area contributed by atoms with E-state index >= 15 is 0 Å². The molecule has 0 aliphatic heterocycles. The highest BCUT2D eigenvalue weighted by atomic mass is 79.9. The maximum atomic E-state index is 12.2. The van der Waals surface area contributed by atoms with Crippen molar-refractivity contribution >= 4 is 45.1 Å². The quantitative estimate of drug-likeness (QED) is 0.744. The second-order valence-corrected chi connectivity index (χ2v) is 6.18. The summed E-state index contributed by atoms with van der Waals surface area (Å²) in [6.07, 6.45) is -0.977. The highest BCUT2D eigenvalue weighted by molar-refractivity contribution is 9.10. The third-order valence-electron chi connectivity index (χ3n) is 3.14. The normalized spacial score (nSPS) is 11.5. The largest absolute Gasteiger partial charge is 0.497 e. The van der Waals surface area contributed by atoms with E-state index in [0.29, 0.717) is 20.9 Å². The first-order valence-electron chi connectivity index (χ1n) is 7.01. The van der Waals surface area contributed by atoms with Gasteiger partial charge in [0.25, 0.3) is 5.91 Å². The summed E-state index contributed by atoms with van der Waals surface area (Å²) in [7, 11) is 1.50. The van der Waals surface area contributed by atoms with Crippen molar-refractivity contribution in [2.24, 2.45) is 0 Å². The van der Waals surface area contributed by atoms with Crippen LogP contribution in [0.3, 0.4) is 0 Å². The summed E-state index contributed by atoms with van der Waals surface area (Å²) >= 11 is 9.14. The lowest BCUT2D eigenvalue weighted by atomic mass is 10.2. The van der Waals surface area contributed by atoms with Crippen LogP contribution in [0.4, 0.5) is 5.69 Å². The van der Waals surface area contributed by atoms with Crippen LogP contribution in [0.15, 0.2) is 46.9 Å². The zero-order valence-electron chi connectivity index (χ0n) is 13.0. The summed E-state index contributed by atoms with van der Waals surface area (Å²) in [5, 5.41) is 3.14. The predicted octanol–water partition coefficient (Wildman–Crippen LogP) is 4.30. The first-order chi connectivity index (χ1) is 11.4. The number of hydrogen-bond acceptors (Lipinski definition) is 4. The number of halogens is 2. The summed E-state index contributed by atoms with van der Waals surface area (Å²) in [4.78, 5) is 24.4. The summed E-state index contributed by atoms with van der Waals surface area (Å²) in [6.45, 7) is 1.49. The fourth-order valence-corrected chi connectivity index (χ4v) is 2.47. The smallest absolute Gasteiger partial charge is 0.340 e. The van der Waals surface area contributed by atoms with Crippen LogP contribution in [0.1, 0.15) is 17.3 Å². The fourth-order valence-electron chi connectivity index (χ4n) is 1.88. The van der Waals surface area contributed by atoms with Gasteiger partial charge in [-0.15, -0.1) is 0 Å². The molecule has 0 unspecified atom stereocenters. The Labute approximate surface area is 153 Å². The minimum atomic E-state index is -0.977. The minimum Gasteiger partial charge on any atom is -0.497 e. The minimum absolute atomic E-state index is 0.275. The van der Waals surface area contributed by atoms with Gasteiger partial charge in [-0.3, -0.25) is 4.79 Å². The molecular formula is C17H15BrClNO4. The molecule has 5 nitrogen and oxygen atoms in total. The van der Waals surface area contributed by atoms with Gasteiger partial charge < -0.3 is 14.8 Å². The Morgan fingerprint density at radius 2 is 1.96 bits per heavy atom. The number of amides is 1. The van der Waals surface area contributed by atoms with Crippen LogP contribution >= 0.6 is 27.5 Å². The van der Waals surface area contributed by atoms with Crippen LogP contribution in [0, 0.1) is 0 Å². The molecule has 0 heterocycles. The number of nitrogens with one attached hydrogen (secondary N) is 1. The van der Waals surface area contributed by atoms with Crippen molar-refractivity contribution in [3.05, 3.63) is 57.5 Å².